The number of hydrogen-bond donors (Lipinski definition) is 1. The molecule has 4 nitrogen and oxygen atoms in total. The lowest BCUT2D eigenvalue weighted by Crippen LogP contribution is -2.35. The number of carbonyl (C=O) groups excluding carboxylic acids is 1. The molecule has 1 aliphatic heterocycles. The Labute approximate surface area is 122 Å². The van der Waals surface area contributed by atoms with Crippen molar-refractivity contribution < 1.29 is 13.9 Å². The van der Waals surface area contributed by atoms with Gasteiger partial charge in [-0.2, -0.15) is 0 Å². The first-order valence-electron chi connectivity index (χ1n) is 6.54. The second-order valence-corrected chi connectivity index (χ2v) is 5.29. The number of nitrogens with zero attached hydrogens (tertiary/aromatic N) is 1. The van der Waals surface area contributed by atoms with Crippen molar-refractivity contribution in [2.75, 3.05) is 20.3 Å². The SMILES string of the molecule is COCCCN1C(=O)CC(N)C1c1c(F)cccc1Cl. The van der Waals surface area contributed by atoms with Crippen molar-refractivity contribution in [1.82, 2.24) is 4.90 Å². The first kappa shape index (κ1) is 15.2. The normalized spacial score (nSPS) is 22.6. The van der Waals surface area contributed by atoms with Gasteiger partial charge in [0.2, 0.25) is 5.91 Å². The molecular formula is C14H18ClFN2O2. The number of ether oxygens (including phenoxy) is 1. The van der Waals surface area contributed by atoms with E-state index in [1.54, 1.807) is 24.1 Å². The van der Waals surface area contributed by atoms with Gasteiger partial charge in [-0.1, -0.05) is 17.7 Å². The van der Waals surface area contributed by atoms with Gasteiger partial charge in [0.25, 0.3) is 0 Å². The highest BCUT2D eigenvalue weighted by Gasteiger charge is 2.40. The van der Waals surface area contributed by atoms with Crippen LogP contribution >= 0.6 is 11.6 Å². The molecule has 1 heterocycles. The lowest BCUT2D eigenvalue weighted by molar-refractivity contribution is -0.129. The first-order valence-corrected chi connectivity index (χ1v) is 6.92. The van der Waals surface area contributed by atoms with E-state index in [4.69, 9.17) is 22.1 Å². The second kappa shape index (κ2) is 6.52. The fourth-order valence-corrected chi connectivity index (χ4v) is 2.90. The number of carbonyl (C=O) groups is 1. The number of methoxy groups -OCH3 is 1. The average molecular weight is 301 g/mol. The van der Waals surface area contributed by atoms with Gasteiger partial charge in [-0.05, 0) is 18.6 Å². The van der Waals surface area contributed by atoms with Crippen LogP contribution in [0.25, 0.3) is 0 Å². The summed E-state index contributed by atoms with van der Waals surface area (Å²) in [4.78, 5) is 13.6. The van der Waals surface area contributed by atoms with Gasteiger partial charge in [-0.15, -0.1) is 0 Å². The van der Waals surface area contributed by atoms with Gasteiger partial charge in [0.1, 0.15) is 5.82 Å². The van der Waals surface area contributed by atoms with Crippen molar-refractivity contribution in [2.24, 2.45) is 5.73 Å². The summed E-state index contributed by atoms with van der Waals surface area (Å²) in [6.07, 6.45) is 0.889. The largest absolute Gasteiger partial charge is 0.385 e. The number of hydrogen-bond acceptors (Lipinski definition) is 3. The Morgan fingerprint density at radius 3 is 2.95 bits per heavy atom. The predicted octanol–water partition coefficient (Wildman–Crippen LogP) is 2.12. The topological polar surface area (TPSA) is 55.6 Å². The van der Waals surface area contributed by atoms with Gasteiger partial charge in [-0.25, -0.2) is 4.39 Å². The molecule has 0 saturated carbocycles. The van der Waals surface area contributed by atoms with E-state index in [2.05, 4.69) is 0 Å². The monoisotopic (exact) mass is 300 g/mol. The molecule has 2 atom stereocenters. The molecule has 1 amide bonds. The predicted molar refractivity (Wildman–Crippen MR) is 74.9 cm³/mol. The maximum Gasteiger partial charge on any atom is 0.224 e. The minimum absolute atomic E-state index is 0.0714. The zero-order valence-electron chi connectivity index (χ0n) is 11.3. The Kier molecular flexibility index (Phi) is 4.96. The van der Waals surface area contributed by atoms with Gasteiger partial charge >= 0.3 is 0 Å². The van der Waals surface area contributed by atoms with Crippen LogP contribution in [0.15, 0.2) is 18.2 Å². The third-order valence-corrected chi connectivity index (χ3v) is 3.84. The number of halogens is 2. The van der Waals surface area contributed by atoms with E-state index < -0.39 is 17.9 Å². The van der Waals surface area contributed by atoms with Gasteiger partial charge in [0.15, 0.2) is 0 Å². The minimum atomic E-state index is -0.506. The van der Waals surface area contributed by atoms with E-state index >= 15 is 0 Å². The van der Waals surface area contributed by atoms with E-state index in [1.807, 2.05) is 0 Å². The molecular weight excluding hydrogens is 283 g/mol. The van der Waals surface area contributed by atoms with Crippen LogP contribution in [0.3, 0.4) is 0 Å². The molecule has 6 heteroatoms. The maximum absolute atomic E-state index is 14.1. The Bertz CT molecular complexity index is 478. The molecule has 2 rings (SSSR count). The Hall–Kier alpha value is -1.17. The molecule has 1 aromatic rings. The fourth-order valence-electron chi connectivity index (χ4n) is 2.62. The number of amides is 1. The maximum atomic E-state index is 14.1. The molecule has 2 unspecified atom stereocenters. The minimum Gasteiger partial charge on any atom is -0.385 e. The van der Waals surface area contributed by atoms with Crippen molar-refractivity contribution in [3.05, 3.63) is 34.6 Å². The highest BCUT2D eigenvalue weighted by molar-refractivity contribution is 6.31. The van der Waals surface area contributed by atoms with Crippen LogP contribution in [0.2, 0.25) is 5.02 Å². The summed E-state index contributed by atoms with van der Waals surface area (Å²) in [6, 6.07) is 3.54. The summed E-state index contributed by atoms with van der Waals surface area (Å²) >= 11 is 6.09. The lowest BCUT2D eigenvalue weighted by Gasteiger charge is -2.28. The van der Waals surface area contributed by atoms with Crippen molar-refractivity contribution in [1.29, 1.82) is 0 Å². The van der Waals surface area contributed by atoms with Crippen LogP contribution in [0.1, 0.15) is 24.4 Å². The molecule has 0 aromatic heterocycles. The van der Waals surface area contributed by atoms with Crippen molar-refractivity contribution in [3.8, 4) is 0 Å². The van der Waals surface area contributed by atoms with Crippen LogP contribution in [-0.4, -0.2) is 37.1 Å². The lowest BCUT2D eigenvalue weighted by atomic mass is 10.00. The molecule has 2 N–H and O–H groups in total. The molecule has 20 heavy (non-hydrogen) atoms. The molecule has 0 spiro atoms. The van der Waals surface area contributed by atoms with Crippen molar-refractivity contribution >= 4 is 17.5 Å². The summed E-state index contributed by atoms with van der Waals surface area (Å²) in [6.45, 7) is 1.02. The highest BCUT2D eigenvalue weighted by Crippen LogP contribution is 2.37. The van der Waals surface area contributed by atoms with Crippen molar-refractivity contribution in [2.45, 2.75) is 24.9 Å². The second-order valence-electron chi connectivity index (χ2n) is 4.88. The Morgan fingerprint density at radius 1 is 1.55 bits per heavy atom. The number of nitrogens with two attached hydrogens (primary N) is 1. The standard InChI is InChI=1S/C14H18ClFN2O2/c1-20-7-3-6-18-12(19)8-11(17)14(18)13-9(15)4-2-5-10(13)16/h2,4-5,11,14H,3,6-8,17H2,1H3. The Balaban J connectivity index is 2.28. The summed E-state index contributed by atoms with van der Waals surface area (Å²) in [5.74, 6) is -0.498. The quantitative estimate of drug-likeness (QED) is 0.848. The van der Waals surface area contributed by atoms with E-state index in [-0.39, 0.29) is 12.3 Å². The van der Waals surface area contributed by atoms with Crippen LogP contribution in [0.5, 0.6) is 0 Å². The summed E-state index contributed by atoms with van der Waals surface area (Å²) in [5, 5.41) is 0.303. The van der Waals surface area contributed by atoms with Crippen molar-refractivity contribution in [3.63, 3.8) is 0 Å². The molecule has 0 radical (unpaired) electrons. The average Bonchev–Trinajstić information content (AvgIpc) is 2.66. The van der Waals surface area contributed by atoms with Gasteiger partial charge < -0.3 is 15.4 Å². The van der Waals surface area contributed by atoms with E-state index in [0.29, 0.717) is 30.2 Å². The molecule has 1 saturated heterocycles. The van der Waals surface area contributed by atoms with Gasteiger partial charge in [0.05, 0.1) is 6.04 Å². The molecule has 0 bridgehead atoms. The van der Waals surface area contributed by atoms with Crippen LogP contribution in [0, 0.1) is 5.82 Å². The summed E-state index contributed by atoms with van der Waals surface area (Å²) in [5.41, 5.74) is 6.32. The molecule has 1 aliphatic rings. The summed E-state index contributed by atoms with van der Waals surface area (Å²) in [7, 11) is 1.60. The van der Waals surface area contributed by atoms with Crippen LogP contribution < -0.4 is 5.73 Å². The third-order valence-electron chi connectivity index (χ3n) is 3.51. The van der Waals surface area contributed by atoms with Gasteiger partial charge in [-0.3, -0.25) is 4.79 Å². The number of likely N-dealkylation sites (tertiary alicyclic amines) is 1. The first-order chi connectivity index (χ1) is 9.56. The van der Waals surface area contributed by atoms with Crippen LogP contribution in [0.4, 0.5) is 4.39 Å². The van der Waals surface area contributed by atoms with E-state index in [1.165, 1.54) is 6.07 Å². The Morgan fingerprint density at radius 2 is 2.30 bits per heavy atom. The smallest absolute Gasteiger partial charge is 0.224 e. The number of benzene rings is 1. The van der Waals surface area contributed by atoms with Crippen LogP contribution in [-0.2, 0) is 9.53 Å². The molecule has 1 fully saturated rings. The van der Waals surface area contributed by atoms with Gasteiger partial charge in [0, 0.05) is 43.3 Å². The fraction of sp³-hybridized carbons (Fsp3) is 0.500. The molecule has 110 valence electrons. The summed E-state index contributed by atoms with van der Waals surface area (Å²) < 4.78 is 19.0. The molecule has 0 aliphatic carbocycles. The zero-order chi connectivity index (χ0) is 14.7. The zero-order valence-corrected chi connectivity index (χ0v) is 12.1. The molecule has 1 aromatic carbocycles. The van der Waals surface area contributed by atoms with E-state index in [0.717, 1.165) is 0 Å². The third kappa shape index (κ3) is 2.95. The number of rotatable bonds is 5. The highest BCUT2D eigenvalue weighted by atomic mass is 35.5. The van der Waals surface area contributed by atoms with E-state index in [9.17, 15) is 9.18 Å².